The van der Waals surface area contributed by atoms with E-state index in [-0.39, 0.29) is 5.75 Å². The van der Waals surface area contributed by atoms with E-state index in [2.05, 4.69) is 0 Å². The van der Waals surface area contributed by atoms with Crippen molar-refractivity contribution in [2.24, 2.45) is 0 Å². The van der Waals surface area contributed by atoms with E-state index in [4.69, 9.17) is 9.84 Å². The second-order valence-corrected chi connectivity index (χ2v) is 3.81. The average molecular weight is 210 g/mol. The van der Waals surface area contributed by atoms with Gasteiger partial charge in [-0.3, -0.25) is 4.79 Å². The van der Waals surface area contributed by atoms with Crippen molar-refractivity contribution in [3.63, 3.8) is 0 Å². The molecule has 0 amide bonds. The van der Waals surface area contributed by atoms with Gasteiger partial charge >= 0.3 is 5.97 Å². The van der Waals surface area contributed by atoms with E-state index >= 15 is 0 Å². The molecule has 0 saturated carbocycles. The number of methoxy groups -OCH3 is 1. The number of aliphatic carboxylic acids is 1. The van der Waals surface area contributed by atoms with Gasteiger partial charge in [0, 0.05) is 11.6 Å². The van der Waals surface area contributed by atoms with Gasteiger partial charge in [-0.15, -0.1) is 0 Å². The van der Waals surface area contributed by atoms with Gasteiger partial charge in [-0.05, 0) is 19.9 Å². The molecule has 0 bridgehead atoms. The Morgan fingerprint density at radius 2 is 2.00 bits per heavy atom. The van der Waals surface area contributed by atoms with Crippen LogP contribution >= 0.6 is 0 Å². The lowest BCUT2D eigenvalue weighted by atomic mass is 9.84. The minimum atomic E-state index is -1.04. The van der Waals surface area contributed by atoms with E-state index in [0.29, 0.717) is 11.3 Å². The van der Waals surface area contributed by atoms with Crippen LogP contribution in [0.2, 0.25) is 0 Å². The maximum absolute atomic E-state index is 11.1. The minimum absolute atomic E-state index is 0.0526. The van der Waals surface area contributed by atoms with Gasteiger partial charge in [0.1, 0.15) is 11.5 Å². The molecular formula is C11H14O4. The highest BCUT2D eigenvalue weighted by Gasteiger charge is 2.32. The van der Waals surface area contributed by atoms with Crippen molar-refractivity contribution in [2.75, 3.05) is 7.11 Å². The van der Waals surface area contributed by atoms with Gasteiger partial charge in [-0.25, -0.2) is 0 Å². The third-order valence-corrected chi connectivity index (χ3v) is 2.39. The second kappa shape index (κ2) is 3.81. The first-order chi connectivity index (χ1) is 6.89. The highest BCUT2D eigenvalue weighted by Crippen LogP contribution is 2.34. The number of ether oxygens (including phenoxy) is 1. The molecule has 0 heterocycles. The second-order valence-electron chi connectivity index (χ2n) is 3.81. The molecule has 15 heavy (non-hydrogen) atoms. The van der Waals surface area contributed by atoms with E-state index < -0.39 is 11.4 Å². The van der Waals surface area contributed by atoms with Gasteiger partial charge in [0.15, 0.2) is 0 Å². The first kappa shape index (κ1) is 11.4. The zero-order valence-electron chi connectivity index (χ0n) is 8.94. The predicted molar refractivity (Wildman–Crippen MR) is 55.3 cm³/mol. The van der Waals surface area contributed by atoms with E-state index in [9.17, 15) is 9.90 Å². The quantitative estimate of drug-likeness (QED) is 0.797. The molecule has 4 nitrogen and oxygen atoms in total. The summed E-state index contributed by atoms with van der Waals surface area (Å²) in [5, 5.41) is 18.3. The number of carboxylic acids is 1. The van der Waals surface area contributed by atoms with E-state index in [1.54, 1.807) is 19.9 Å². The smallest absolute Gasteiger partial charge is 0.313 e. The molecule has 2 N–H and O–H groups in total. The summed E-state index contributed by atoms with van der Waals surface area (Å²) >= 11 is 0. The molecule has 1 aromatic carbocycles. The van der Waals surface area contributed by atoms with Crippen LogP contribution < -0.4 is 4.74 Å². The zero-order valence-corrected chi connectivity index (χ0v) is 8.94. The number of carboxylic acid groups (broad SMARTS) is 1. The molecule has 0 saturated heterocycles. The summed E-state index contributed by atoms with van der Waals surface area (Å²) in [5.74, 6) is -0.509. The minimum Gasteiger partial charge on any atom is -0.508 e. The molecule has 0 aliphatic carbocycles. The van der Waals surface area contributed by atoms with Crippen LogP contribution in [0.3, 0.4) is 0 Å². The maximum atomic E-state index is 11.1. The van der Waals surface area contributed by atoms with Crippen molar-refractivity contribution in [2.45, 2.75) is 19.3 Å². The molecule has 4 heteroatoms. The summed E-state index contributed by atoms with van der Waals surface area (Å²) in [5.41, 5.74) is -0.505. The Bertz CT molecular complexity index is 382. The number of carbonyl (C=O) groups is 1. The molecule has 82 valence electrons. The largest absolute Gasteiger partial charge is 0.508 e. The Labute approximate surface area is 88.1 Å². The normalized spacial score (nSPS) is 11.1. The highest BCUT2D eigenvalue weighted by atomic mass is 16.5. The van der Waals surface area contributed by atoms with E-state index in [0.717, 1.165) is 0 Å². The number of phenols is 1. The summed E-state index contributed by atoms with van der Waals surface area (Å²) in [7, 11) is 1.44. The number of benzene rings is 1. The monoisotopic (exact) mass is 210 g/mol. The standard InChI is InChI=1S/C11H14O4/c1-11(2,10(13)14)8-5-4-7(12)6-9(8)15-3/h4-6,12H,1-3H3,(H,13,14). The lowest BCUT2D eigenvalue weighted by Crippen LogP contribution is -2.28. The Morgan fingerprint density at radius 3 is 2.47 bits per heavy atom. The molecular weight excluding hydrogens is 196 g/mol. The molecule has 0 spiro atoms. The fourth-order valence-electron chi connectivity index (χ4n) is 1.31. The van der Waals surface area contributed by atoms with Gasteiger partial charge in [-0.2, -0.15) is 0 Å². The summed E-state index contributed by atoms with van der Waals surface area (Å²) in [6, 6.07) is 4.41. The fourth-order valence-corrected chi connectivity index (χ4v) is 1.31. The van der Waals surface area contributed by atoms with Crippen LogP contribution in [-0.2, 0) is 10.2 Å². The Balaban J connectivity index is 3.31. The lowest BCUT2D eigenvalue weighted by Gasteiger charge is -2.22. The Kier molecular flexibility index (Phi) is 2.88. The molecule has 0 atom stereocenters. The van der Waals surface area contributed by atoms with Crippen LogP contribution in [-0.4, -0.2) is 23.3 Å². The van der Waals surface area contributed by atoms with Crippen molar-refractivity contribution < 1.29 is 19.7 Å². The lowest BCUT2D eigenvalue weighted by molar-refractivity contribution is -0.142. The van der Waals surface area contributed by atoms with Crippen LogP contribution in [0.15, 0.2) is 18.2 Å². The Morgan fingerprint density at radius 1 is 1.40 bits per heavy atom. The molecule has 0 aromatic heterocycles. The zero-order chi connectivity index (χ0) is 11.6. The SMILES string of the molecule is COc1cc(O)ccc1C(C)(C)C(=O)O. The van der Waals surface area contributed by atoms with Gasteiger partial charge in [0.2, 0.25) is 0 Å². The van der Waals surface area contributed by atoms with Gasteiger partial charge in [-0.1, -0.05) is 6.07 Å². The Hall–Kier alpha value is -1.71. The van der Waals surface area contributed by atoms with Gasteiger partial charge in [0.25, 0.3) is 0 Å². The van der Waals surface area contributed by atoms with Crippen molar-refractivity contribution in [3.8, 4) is 11.5 Å². The van der Waals surface area contributed by atoms with Crippen LogP contribution in [0.1, 0.15) is 19.4 Å². The molecule has 1 rings (SSSR count). The molecule has 0 unspecified atom stereocenters. The highest BCUT2D eigenvalue weighted by molar-refractivity contribution is 5.81. The van der Waals surface area contributed by atoms with Crippen molar-refractivity contribution in [3.05, 3.63) is 23.8 Å². The van der Waals surface area contributed by atoms with E-state index in [1.165, 1.54) is 19.2 Å². The number of hydrogen-bond acceptors (Lipinski definition) is 3. The molecule has 0 aliphatic heterocycles. The first-order valence-electron chi connectivity index (χ1n) is 4.50. The average Bonchev–Trinajstić information content (AvgIpc) is 2.16. The summed E-state index contributed by atoms with van der Waals surface area (Å²) in [6.45, 7) is 3.18. The van der Waals surface area contributed by atoms with Crippen LogP contribution in [0.4, 0.5) is 0 Å². The number of aromatic hydroxyl groups is 1. The van der Waals surface area contributed by atoms with Crippen LogP contribution in [0.25, 0.3) is 0 Å². The fraction of sp³-hybridized carbons (Fsp3) is 0.364. The van der Waals surface area contributed by atoms with Crippen molar-refractivity contribution in [1.82, 2.24) is 0 Å². The van der Waals surface area contributed by atoms with Gasteiger partial charge in [0.05, 0.1) is 12.5 Å². The summed E-state index contributed by atoms with van der Waals surface area (Å²) in [4.78, 5) is 11.1. The number of rotatable bonds is 3. The number of phenolic OH excluding ortho intramolecular Hbond substituents is 1. The molecule has 0 aliphatic rings. The maximum Gasteiger partial charge on any atom is 0.313 e. The summed E-state index contributed by atoms with van der Waals surface area (Å²) < 4.78 is 5.04. The predicted octanol–water partition coefficient (Wildman–Crippen LogP) is 1.76. The summed E-state index contributed by atoms with van der Waals surface area (Å²) in [6.07, 6.45) is 0. The van der Waals surface area contributed by atoms with Gasteiger partial charge < -0.3 is 14.9 Å². The number of hydrogen-bond donors (Lipinski definition) is 2. The van der Waals surface area contributed by atoms with Crippen LogP contribution in [0.5, 0.6) is 11.5 Å². The van der Waals surface area contributed by atoms with Crippen molar-refractivity contribution >= 4 is 5.97 Å². The molecule has 0 fully saturated rings. The third kappa shape index (κ3) is 2.03. The molecule has 0 radical (unpaired) electrons. The van der Waals surface area contributed by atoms with Crippen LogP contribution in [0, 0.1) is 0 Å². The van der Waals surface area contributed by atoms with Crippen molar-refractivity contribution in [1.29, 1.82) is 0 Å². The third-order valence-electron chi connectivity index (χ3n) is 2.39. The first-order valence-corrected chi connectivity index (χ1v) is 4.50. The topological polar surface area (TPSA) is 66.8 Å². The molecule has 1 aromatic rings. The van der Waals surface area contributed by atoms with E-state index in [1.807, 2.05) is 0 Å².